The summed E-state index contributed by atoms with van der Waals surface area (Å²) in [5, 5.41) is 3.55. The normalized spacial score (nSPS) is 11.9. The predicted molar refractivity (Wildman–Crippen MR) is 160 cm³/mol. The lowest BCUT2D eigenvalue weighted by atomic mass is 10.0. The number of nitrogens with one attached hydrogen (secondary N) is 1. The largest absolute Gasteiger partial charge is 0.495 e. The third-order valence-electron chi connectivity index (χ3n) is 6.26. The van der Waals surface area contributed by atoms with E-state index in [1.807, 2.05) is 37.3 Å². The van der Waals surface area contributed by atoms with Crippen molar-refractivity contribution in [3.63, 3.8) is 0 Å². The van der Waals surface area contributed by atoms with Crippen LogP contribution in [0.2, 0.25) is 10.0 Å². The number of carbonyl (C=O) groups excluding carboxylic acids is 2. The van der Waals surface area contributed by atoms with Gasteiger partial charge in [-0.2, -0.15) is 0 Å². The molecule has 0 fully saturated rings. The maximum Gasteiger partial charge on any atom is 0.244 e. The molecular formula is C29H33Cl2N3O5S. The molecule has 0 saturated carbocycles. The topological polar surface area (TPSA) is 96.0 Å². The number of ether oxygens (including phenoxy) is 1. The smallest absolute Gasteiger partial charge is 0.244 e. The van der Waals surface area contributed by atoms with Crippen molar-refractivity contribution in [2.45, 2.75) is 32.9 Å². The predicted octanol–water partition coefficient (Wildman–Crippen LogP) is 4.85. The zero-order valence-electron chi connectivity index (χ0n) is 22.9. The van der Waals surface area contributed by atoms with Gasteiger partial charge in [-0.15, -0.1) is 0 Å². The van der Waals surface area contributed by atoms with Crippen molar-refractivity contribution in [1.29, 1.82) is 0 Å². The van der Waals surface area contributed by atoms with E-state index in [0.29, 0.717) is 27.9 Å². The molecule has 0 spiro atoms. The molecule has 3 aromatic rings. The summed E-state index contributed by atoms with van der Waals surface area (Å²) in [6.07, 6.45) is 1.23. The van der Waals surface area contributed by atoms with Crippen molar-refractivity contribution in [1.82, 2.24) is 10.2 Å². The lowest BCUT2D eigenvalue weighted by Gasteiger charge is -2.34. The monoisotopic (exact) mass is 605 g/mol. The molecule has 214 valence electrons. The molecule has 40 heavy (non-hydrogen) atoms. The Bertz CT molecular complexity index is 1450. The number of anilines is 1. The Labute approximate surface area is 245 Å². The minimum Gasteiger partial charge on any atom is -0.495 e. The number of nitrogens with zero attached hydrogens (tertiary/aromatic N) is 2. The Morgan fingerprint density at radius 2 is 1.73 bits per heavy atom. The first-order valence-corrected chi connectivity index (χ1v) is 15.2. The van der Waals surface area contributed by atoms with Crippen LogP contribution >= 0.6 is 23.2 Å². The number of rotatable bonds is 12. The minimum absolute atomic E-state index is 0.0496. The van der Waals surface area contributed by atoms with E-state index in [-0.39, 0.29) is 24.6 Å². The van der Waals surface area contributed by atoms with Gasteiger partial charge >= 0.3 is 0 Å². The summed E-state index contributed by atoms with van der Waals surface area (Å²) < 4.78 is 32.4. The summed E-state index contributed by atoms with van der Waals surface area (Å²) in [4.78, 5) is 28.9. The third kappa shape index (κ3) is 8.13. The molecule has 1 unspecified atom stereocenters. The average molecular weight is 607 g/mol. The Balaban J connectivity index is 2.11. The fourth-order valence-electron chi connectivity index (χ4n) is 4.27. The fraction of sp³-hybridized carbons (Fsp3) is 0.310. The van der Waals surface area contributed by atoms with Crippen molar-refractivity contribution in [3.8, 4) is 5.75 Å². The standard InChI is InChI=1S/C29H33Cl2N3O5S/c1-5-32-29(36)26(16-21-9-7-6-8-10-21)33(18-22-12-13-23(30)17-24(22)31)28(35)19-34(40(4,37)38)25-15-20(2)11-14-27(25)39-3/h6-15,17,26H,5,16,18-19H2,1-4H3,(H,32,36). The van der Waals surface area contributed by atoms with E-state index < -0.39 is 28.5 Å². The second-order valence-corrected chi connectivity index (χ2v) is 12.1. The molecule has 1 N–H and O–H groups in total. The molecule has 0 radical (unpaired) electrons. The van der Waals surface area contributed by atoms with Crippen LogP contribution in [-0.2, 0) is 32.6 Å². The molecule has 0 heterocycles. The molecule has 3 rings (SSSR count). The summed E-state index contributed by atoms with van der Waals surface area (Å²) in [5.41, 5.74) is 2.39. The Hall–Kier alpha value is -3.27. The second-order valence-electron chi connectivity index (χ2n) is 9.30. The van der Waals surface area contributed by atoms with Crippen LogP contribution in [0.4, 0.5) is 5.69 Å². The van der Waals surface area contributed by atoms with E-state index >= 15 is 0 Å². The van der Waals surface area contributed by atoms with Crippen LogP contribution in [0.5, 0.6) is 5.75 Å². The first-order chi connectivity index (χ1) is 18.9. The summed E-state index contributed by atoms with van der Waals surface area (Å²) in [5.74, 6) is -0.670. The zero-order chi connectivity index (χ0) is 29.4. The Morgan fingerprint density at radius 3 is 2.33 bits per heavy atom. The number of sulfonamides is 1. The van der Waals surface area contributed by atoms with Crippen LogP contribution in [0.1, 0.15) is 23.6 Å². The third-order valence-corrected chi connectivity index (χ3v) is 7.97. The SMILES string of the molecule is CCNC(=O)C(Cc1ccccc1)N(Cc1ccc(Cl)cc1Cl)C(=O)CN(c1cc(C)ccc1OC)S(C)(=O)=O. The van der Waals surface area contributed by atoms with Gasteiger partial charge in [0.1, 0.15) is 18.3 Å². The zero-order valence-corrected chi connectivity index (χ0v) is 25.2. The number of hydrogen-bond donors (Lipinski definition) is 1. The van der Waals surface area contributed by atoms with Crippen LogP contribution in [0.3, 0.4) is 0 Å². The second kappa shape index (κ2) is 13.9. The molecule has 11 heteroatoms. The highest BCUT2D eigenvalue weighted by atomic mass is 35.5. The van der Waals surface area contributed by atoms with Gasteiger partial charge in [0.05, 0.1) is 19.1 Å². The molecular weight excluding hydrogens is 573 g/mol. The van der Waals surface area contributed by atoms with E-state index in [0.717, 1.165) is 21.7 Å². The molecule has 2 amide bonds. The van der Waals surface area contributed by atoms with Crippen molar-refractivity contribution in [2.24, 2.45) is 0 Å². The lowest BCUT2D eigenvalue weighted by molar-refractivity contribution is -0.140. The number of aryl methyl sites for hydroxylation is 1. The Morgan fingerprint density at radius 1 is 1.02 bits per heavy atom. The quantitative estimate of drug-likeness (QED) is 0.318. The molecule has 0 aliphatic rings. The van der Waals surface area contributed by atoms with E-state index in [2.05, 4.69) is 5.32 Å². The summed E-state index contributed by atoms with van der Waals surface area (Å²) in [7, 11) is -2.51. The van der Waals surface area contributed by atoms with Gasteiger partial charge in [0, 0.05) is 29.6 Å². The van der Waals surface area contributed by atoms with Crippen LogP contribution in [0.25, 0.3) is 0 Å². The molecule has 3 aromatic carbocycles. The summed E-state index contributed by atoms with van der Waals surface area (Å²) in [6.45, 7) is 3.34. The van der Waals surface area contributed by atoms with Gasteiger partial charge in [-0.3, -0.25) is 13.9 Å². The van der Waals surface area contributed by atoms with Crippen LogP contribution in [-0.4, -0.2) is 57.6 Å². The number of amides is 2. The van der Waals surface area contributed by atoms with Crippen molar-refractivity contribution in [2.75, 3.05) is 30.8 Å². The molecule has 0 saturated heterocycles. The van der Waals surface area contributed by atoms with E-state index in [4.69, 9.17) is 27.9 Å². The van der Waals surface area contributed by atoms with Crippen molar-refractivity contribution in [3.05, 3.63) is 93.5 Å². The van der Waals surface area contributed by atoms with Crippen LogP contribution < -0.4 is 14.4 Å². The first kappa shape index (κ1) is 31.3. The molecule has 8 nitrogen and oxygen atoms in total. The van der Waals surface area contributed by atoms with Crippen LogP contribution in [0.15, 0.2) is 66.7 Å². The maximum absolute atomic E-state index is 14.1. The summed E-state index contributed by atoms with van der Waals surface area (Å²) >= 11 is 12.6. The number of likely N-dealkylation sites (N-methyl/N-ethyl adjacent to an activating group) is 1. The van der Waals surface area contributed by atoms with Gasteiger partial charge in [0.25, 0.3) is 0 Å². The Kier molecular flexibility index (Phi) is 10.8. The fourth-order valence-corrected chi connectivity index (χ4v) is 5.58. The number of carbonyl (C=O) groups is 2. The highest BCUT2D eigenvalue weighted by molar-refractivity contribution is 7.92. The van der Waals surface area contributed by atoms with Gasteiger partial charge in [0.2, 0.25) is 21.8 Å². The highest BCUT2D eigenvalue weighted by Crippen LogP contribution is 2.31. The van der Waals surface area contributed by atoms with Gasteiger partial charge in [-0.1, -0.05) is 65.7 Å². The molecule has 0 aromatic heterocycles. The molecule has 0 aliphatic carbocycles. The van der Waals surface area contributed by atoms with Crippen molar-refractivity contribution >= 4 is 50.7 Å². The van der Waals surface area contributed by atoms with E-state index in [9.17, 15) is 18.0 Å². The minimum atomic E-state index is -3.94. The van der Waals surface area contributed by atoms with Crippen LogP contribution in [0, 0.1) is 6.92 Å². The van der Waals surface area contributed by atoms with E-state index in [1.165, 1.54) is 12.0 Å². The number of methoxy groups -OCH3 is 1. The lowest BCUT2D eigenvalue weighted by Crippen LogP contribution is -2.53. The number of benzene rings is 3. The maximum atomic E-state index is 14.1. The average Bonchev–Trinajstić information content (AvgIpc) is 2.90. The highest BCUT2D eigenvalue weighted by Gasteiger charge is 2.34. The van der Waals surface area contributed by atoms with Gasteiger partial charge in [-0.05, 0) is 54.8 Å². The van der Waals surface area contributed by atoms with Crippen molar-refractivity contribution < 1.29 is 22.7 Å². The van der Waals surface area contributed by atoms with Gasteiger partial charge < -0.3 is 15.0 Å². The molecule has 0 bridgehead atoms. The van der Waals surface area contributed by atoms with Gasteiger partial charge in [0.15, 0.2) is 0 Å². The number of halogens is 2. The molecule has 1 atom stereocenters. The van der Waals surface area contributed by atoms with E-state index in [1.54, 1.807) is 43.3 Å². The first-order valence-electron chi connectivity index (χ1n) is 12.6. The number of hydrogen-bond acceptors (Lipinski definition) is 5. The van der Waals surface area contributed by atoms with Gasteiger partial charge in [-0.25, -0.2) is 8.42 Å². The summed E-state index contributed by atoms with van der Waals surface area (Å²) in [6, 6.07) is 18.3. The molecule has 0 aliphatic heterocycles.